The number of benzene rings is 2. The number of likely N-dealkylation sites (N-methyl/N-ethyl adjacent to an activating group) is 1. The van der Waals surface area contributed by atoms with Crippen molar-refractivity contribution in [1.29, 1.82) is 5.41 Å². The zero-order chi connectivity index (χ0) is 32.1. The third-order valence-corrected chi connectivity index (χ3v) is 7.45. The van der Waals surface area contributed by atoms with E-state index < -0.39 is 29.1 Å². The number of aromatic nitrogens is 1. The van der Waals surface area contributed by atoms with Gasteiger partial charge in [-0.3, -0.25) is 20.1 Å². The number of carbonyl (C=O) groups is 1. The summed E-state index contributed by atoms with van der Waals surface area (Å²) in [6.45, 7) is 4.60. The number of rotatable bonds is 11. The SMILES string of the molecule is CCOC(=O)CN1CCC(Nc2c(F)c(Oc3cccc(C4=NCCN4C)c3)nc(Oc3cc(C(=N)N)ccc3O)c2F)CC1. The lowest BCUT2D eigenvalue weighted by molar-refractivity contribution is -0.144. The van der Waals surface area contributed by atoms with Crippen LogP contribution in [-0.2, 0) is 9.53 Å². The lowest BCUT2D eigenvalue weighted by Gasteiger charge is -2.32. The van der Waals surface area contributed by atoms with Crippen molar-refractivity contribution in [3.63, 3.8) is 0 Å². The first-order valence-electron chi connectivity index (χ1n) is 14.6. The fourth-order valence-corrected chi connectivity index (χ4v) is 5.11. The van der Waals surface area contributed by atoms with Gasteiger partial charge >= 0.3 is 5.97 Å². The Morgan fingerprint density at radius 2 is 1.84 bits per heavy atom. The van der Waals surface area contributed by atoms with Gasteiger partial charge in [0, 0.05) is 43.9 Å². The van der Waals surface area contributed by atoms with Crippen LogP contribution in [0.4, 0.5) is 14.5 Å². The number of nitrogen functional groups attached to an aromatic ring is 1. The lowest BCUT2D eigenvalue weighted by Crippen LogP contribution is -2.42. The Balaban J connectivity index is 1.45. The standard InChI is InChI=1S/C31H35F2N7O5/c1-3-43-24(42)17-40-12-9-20(10-13-40)37-27-25(32)30(44-21-6-4-5-19(15-21)29-36-11-14-39(29)2)38-31(26(27)33)45-23-16-18(28(34)35)7-8-22(23)41/h4-8,15-16,20,41H,3,9-14,17H2,1-2H3,(H3,34,35)(H,37,38). The maximum atomic E-state index is 16.0. The van der Waals surface area contributed by atoms with Gasteiger partial charge in [-0.25, -0.2) is 0 Å². The number of phenols is 1. The van der Waals surface area contributed by atoms with E-state index in [9.17, 15) is 9.90 Å². The van der Waals surface area contributed by atoms with Crippen molar-refractivity contribution in [2.45, 2.75) is 25.8 Å². The molecule has 14 heteroatoms. The third kappa shape index (κ3) is 7.40. The third-order valence-electron chi connectivity index (χ3n) is 7.45. The number of pyridine rings is 1. The monoisotopic (exact) mass is 623 g/mol. The summed E-state index contributed by atoms with van der Waals surface area (Å²) in [5.41, 5.74) is 6.02. The highest BCUT2D eigenvalue weighted by Gasteiger charge is 2.29. The van der Waals surface area contributed by atoms with E-state index in [1.54, 1.807) is 25.1 Å². The maximum absolute atomic E-state index is 16.0. The van der Waals surface area contributed by atoms with Crippen LogP contribution >= 0.6 is 0 Å². The fourth-order valence-electron chi connectivity index (χ4n) is 5.11. The van der Waals surface area contributed by atoms with Crippen molar-refractivity contribution in [3.05, 3.63) is 65.2 Å². The van der Waals surface area contributed by atoms with E-state index in [2.05, 4.69) is 15.3 Å². The molecule has 1 fully saturated rings. The molecular weight excluding hydrogens is 588 g/mol. The van der Waals surface area contributed by atoms with E-state index in [0.717, 1.165) is 17.9 Å². The number of aliphatic imine (C=N–C) groups is 1. The minimum absolute atomic E-state index is 0.138. The molecule has 5 rings (SSSR count). The highest BCUT2D eigenvalue weighted by molar-refractivity contribution is 6.00. The number of hydrogen-bond acceptors (Lipinski definition) is 11. The molecule has 1 aromatic heterocycles. The zero-order valence-electron chi connectivity index (χ0n) is 25.0. The van der Waals surface area contributed by atoms with Gasteiger partial charge in [-0.1, -0.05) is 12.1 Å². The molecule has 12 nitrogen and oxygen atoms in total. The van der Waals surface area contributed by atoms with Crippen molar-refractivity contribution in [2.24, 2.45) is 10.7 Å². The van der Waals surface area contributed by atoms with Gasteiger partial charge in [0.05, 0.1) is 19.7 Å². The van der Waals surface area contributed by atoms with Crippen LogP contribution in [0.25, 0.3) is 0 Å². The Bertz CT molecular complexity index is 1610. The number of amidine groups is 2. The summed E-state index contributed by atoms with van der Waals surface area (Å²) < 4.78 is 48.5. The van der Waals surface area contributed by atoms with Gasteiger partial charge in [0.2, 0.25) is 11.6 Å². The summed E-state index contributed by atoms with van der Waals surface area (Å²) >= 11 is 0. The highest BCUT2D eigenvalue weighted by atomic mass is 19.1. The number of nitrogens with one attached hydrogen (secondary N) is 2. The van der Waals surface area contributed by atoms with Gasteiger partial charge in [0.15, 0.2) is 11.5 Å². The molecule has 0 bridgehead atoms. The molecule has 0 aliphatic carbocycles. The number of esters is 1. The summed E-state index contributed by atoms with van der Waals surface area (Å²) in [6, 6.07) is 10.4. The Morgan fingerprint density at radius 1 is 1.11 bits per heavy atom. The van der Waals surface area contributed by atoms with Crippen LogP contribution in [0.3, 0.4) is 0 Å². The maximum Gasteiger partial charge on any atom is 0.320 e. The smallest absolute Gasteiger partial charge is 0.320 e. The summed E-state index contributed by atoms with van der Waals surface area (Å²) in [7, 11) is 1.92. The predicted octanol–water partition coefficient (Wildman–Crippen LogP) is 4.07. The number of hydrogen-bond donors (Lipinski definition) is 4. The molecule has 2 aromatic carbocycles. The summed E-state index contributed by atoms with van der Waals surface area (Å²) in [6.07, 6.45) is 0.984. The number of likely N-dealkylation sites (tertiary alicyclic amines) is 1. The molecule has 2 aliphatic heterocycles. The van der Waals surface area contributed by atoms with E-state index in [1.807, 2.05) is 22.9 Å². The second-order valence-corrected chi connectivity index (χ2v) is 10.7. The van der Waals surface area contributed by atoms with E-state index >= 15 is 8.78 Å². The summed E-state index contributed by atoms with van der Waals surface area (Å²) in [5, 5.41) is 21.0. The molecule has 0 spiro atoms. The number of piperidine rings is 1. The van der Waals surface area contributed by atoms with Crippen LogP contribution in [0.5, 0.6) is 29.0 Å². The number of anilines is 1. The molecule has 3 heterocycles. The minimum Gasteiger partial charge on any atom is -0.504 e. The molecule has 0 amide bonds. The average Bonchev–Trinajstić information content (AvgIpc) is 3.45. The fraction of sp³-hybridized carbons (Fsp3) is 0.355. The predicted molar refractivity (Wildman–Crippen MR) is 164 cm³/mol. The molecule has 2 aliphatic rings. The number of carbonyl (C=O) groups excluding carboxylic acids is 1. The lowest BCUT2D eigenvalue weighted by atomic mass is 10.0. The topological polar surface area (TPSA) is 159 Å². The Hall–Kier alpha value is -4.98. The second-order valence-electron chi connectivity index (χ2n) is 10.7. The second kappa shape index (κ2) is 13.8. The number of ether oxygens (including phenoxy) is 3. The normalized spacial score (nSPS) is 15.5. The van der Waals surface area contributed by atoms with E-state index in [1.165, 1.54) is 18.2 Å². The van der Waals surface area contributed by atoms with Gasteiger partial charge < -0.3 is 35.3 Å². The first kappa shape index (κ1) is 31.4. The van der Waals surface area contributed by atoms with Gasteiger partial charge in [-0.15, -0.1) is 0 Å². The van der Waals surface area contributed by atoms with Gasteiger partial charge in [0.1, 0.15) is 23.1 Å². The van der Waals surface area contributed by atoms with E-state index in [4.69, 9.17) is 25.4 Å². The number of aromatic hydroxyl groups is 1. The van der Waals surface area contributed by atoms with Gasteiger partial charge in [-0.2, -0.15) is 13.8 Å². The highest BCUT2D eigenvalue weighted by Crippen LogP contribution is 2.39. The zero-order valence-corrected chi connectivity index (χ0v) is 25.0. The molecule has 238 valence electrons. The Morgan fingerprint density at radius 3 is 2.51 bits per heavy atom. The van der Waals surface area contributed by atoms with Crippen molar-refractivity contribution in [1.82, 2.24) is 14.8 Å². The van der Waals surface area contributed by atoms with Crippen LogP contribution in [0.15, 0.2) is 47.5 Å². The summed E-state index contributed by atoms with van der Waals surface area (Å²) in [4.78, 5) is 24.3. The summed E-state index contributed by atoms with van der Waals surface area (Å²) in [5.74, 6) is -3.69. The molecule has 5 N–H and O–H groups in total. The molecule has 0 saturated carbocycles. The average molecular weight is 624 g/mol. The van der Waals surface area contributed by atoms with Crippen molar-refractivity contribution < 1.29 is 32.9 Å². The van der Waals surface area contributed by atoms with Gasteiger partial charge in [-0.05, 0) is 50.1 Å². The van der Waals surface area contributed by atoms with Crippen LogP contribution in [0, 0.1) is 17.0 Å². The van der Waals surface area contributed by atoms with Crippen molar-refractivity contribution in [2.75, 3.05) is 51.7 Å². The molecule has 0 radical (unpaired) electrons. The van der Waals surface area contributed by atoms with Crippen LogP contribution in [0.2, 0.25) is 0 Å². The van der Waals surface area contributed by atoms with Crippen LogP contribution < -0.4 is 20.5 Å². The molecule has 0 unspecified atom stereocenters. The molecule has 1 saturated heterocycles. The first-order valence-corrected chi connectivity index (χ1v) is 14.6. The van der Waals surface area contributed by atoms with E-state index in [0.29, 0.717) is 39.1 Å². The minimum atomic E-state index is -1.14. The quantitative estimate of drug-likeness (QED) is 0.139. The largest absolute Gasteiger partial charge is 0.504 e. The first-order chi connectivity index (χ1) is 21.6. The van der Waals surface area contributed by atoms with Crippen molar-refractivity contribution >= 4 is 23.3 Å². The molecule has 0 atom stereocenters. The van der Waals surface area contributed by atoms with Crippen LogP contribution in [0.1, 0.15) is 30.9 Å². The molecule has 45 heavy (non-hydrogen) atoms. The number of halogens is 2. The Labute approximate surface area is 258 Å². The number of phenolic OH excluding ortho intramolecular Hbond substituents is 1. The Kier molecular flexibility index (Phi) is 9.62. The number of nitrogens with zero attached hydrogens (tertiary/aromatic N) is 4. The molecular formula is C31H35F2N7O5. The van der Waals surface area contributed by atoms with Gasteiger partial charge in [0.25, 0.3) is 11.8 Å². The van der Waals surface area contributed by atoms with E-state index in [-0.39, 0.29) is 47.2 Å². The number of nitrogens with two attached hydrogens (primary N) is 1. The van der Waals surface area contributed by atoms with Crippen LogP contribution in [-0.4, -0.2) is 90.0 Å². The van der Waals surface area contributed by atoms with Crippen molar-refractivity contribution in [3.8, 4) is 29.0 Å². The molecule has 3 aromatic rings.